The molecule has 1 rings (SSSR count). The van der Waals surface area contributed by atoms with Crippen molar-refractivity contribution < 1.29 is 4.79 Å². The first-order valence-electron chi connectivity index (χ1n) is 7.35. The largest absolute Gasteiger partial charge is 0.322 e. The predicted octanol–water partition coefficient (Wildman–Crippen LogP) is 3.68. The van der Waals surface area contributed by atoms with Gasteiger partial charge in [-0.25, -0.2) is 0 Å². The summed E-state index contributed by atoms with van der Waals surface area (Å²) in [6, 6.07) is -0.230. The highest BCUT2D eigenvalue weighted by molar-refractivity contribution is 5.80. The summed E-state index contributed by atoms with van der Waals surface area (Å²) < 4.78 is 0. The Bertz CT molecular complexity index is 221. The number of ketones is 1. The average Bonchev–Trinajstić information content (AvgIpc) is 2.34. The van der Waals surface area contributed by atoms with E-state index in [1.165, 1.54) is 44.9 Å². The minimum absolute atomic E-state index is 0.129. The van der Waals surface area contributed by atoms with Crippen molar-refractivity contribution in [2.75, 3.05) is 0 Å². The molecule has 100 valence electrons. The molecule has 2 N–H and O–H groups in total. The van der Waals surface area contributed by atoms with Crippen LogP contribution >= 0.6 is 0 Å². The third kappa shape index (κ3) is 6.21. The van der Waals surface area contributed by atoms with Gasteiger partial charge in [-0.2, -0.15) is 0 Å². The van der Waals surface area contributed by atoms with Gasteiger partial charge >= 0.3 is 0 Å². The van der Waals surface area contributed by atoms with Crippen molar-refractivity contribution >= 4 is 5.78 Å². The molecular weight excluding hydrogens is 210 g/mol. The van der Waals surface area contributed by atoms with Crippen LogP contribution in [-0.4, -0.2) is 11.8 Å². The summed E-state index contributed by atoms with van der Waals surface area (Å²) in [6.07, 6.45) is 11.9. The van der Waals surface area contributed by atoms with Crippen molar-refractivity contribution in [2.45, 2.75) is 77.7 Å². The van der Waals surface area contributed by atoms with E-state index in [2.05, 4.69) is 6.92 Å². The molecular formula is C15H29NO. The van der Waals surface area contributed by atoms with Gasteiger partial charge in [0.05, 0.1) is 6.04 Å². The van der Waals surface area contributed by atoms with E-state index in [1.54, 1.807) is 6.92 Å². The Morgan fingerprint density at radius 3 is 2.41 bits per heavy atom. The highest BCUT2D eigenvalue weighted by Gasteiger charge is 2.15. The lowest BCUT2D eigenvalue weighted by Gasteiger charge is -2.23. The lowest BCUT2D eigenvalue weighted by molar-refractivity contribution is -0.118. The number of nitrogens with two attached hydrogens (primary N) is 1. The number of Topliss-reactive ketones (excluding diaryl/α,β-unsaturated/α-hetero) is 1. The summed E-state index contributed by atoms with van der Waals surface area (Å²) in [6.45, 7) is 3.90. The van der Waals surface area contributed by atoms with Gasteiger partial charge in [-0.1, -0.05) is 51.9 Å². The highest BCUT2D eigenvalue weighted by atomic mass is 16.1. The maximum Gasteiger partial charge on any atom is 0.146 e. The van der Waals surface area contributed by atoms with Gasteiger partial charge in [-0.05, 0) is 31.6 Å². The second kappa shape index (κ2) is 7.86. The predicted molar refractivity (Wildman–Crippen MR) is 72.9 cm³/mol. The van der Waals surface area contributed by atoms with Crippen LogP contribution in [0.4, 0.5) is 0 Å². The Hall–Kier alpha value is -0.370. The molecule has 0 aromatic heterocycles. The highest BCUT2D eigenvalue weighted by Crippen LogP contribution is 2.29. The van der Waals surface area contributed by atoms with Crippen LogP contribution in [0.25, 0.3) is 0 Å². The van der Waals surface area contributed by atoms with Gasteiger partial charge in [-0.15, -0.1) is 0 Å². The summed E-state index contributed by atoms with van der Waals surface area (Å²) in [5, 5.41) is 0. The minimum atomic E-state index is -0.230. The van der Waals surface area contributed by atoms with Crippen molar-refractivity contribution in [1.82, 2.24) is 0 Å². The lowest BCUT2D eigenvalue weighted by Crippen LogP contribution is -2.28. The normalized spacial score (nSPS) is 21.1. The summed E-state index contributed by atoms with van der Waals surface area (Å²) in [5.74, 6) is 1.83. The molecule has 1 saturated carbocycles. The fourth-order valence-corrected chi connectivity index (χ4v) is 2.81. The van der Waals surface area contributed by atoms with Gasteiger partial charge in [0.25, 0.3) is 0 Å². The molecule has 17 heavy (non-hydrogen) atoms. The van der Waals surface area contributed by atoms with Crippen LogP contribution in [-0.2, 0) is 4.79 Å². The maximum absolute atomic E-state index is 11.0. The Morgan fingerprint density at radius 2 is 1.82 bits per heavy atom. The van der Waals surface area contributed by atoms with Crippen LogP contribution in [0.15, 0.2) is 0 Å². The topological polar surface area (TPSA) is 43.1 Å². The zero-order chi connectivity index (χ0) is 12.7. The van der Waals surface area contributed by atoms with Crippen molar-refractivity contribution in [2.24, 2.45) is 17.6 Å². The van der Waals surface area contributed by atoms with E-state index < -0.39 is 0 Å². The molecule has 0 bridgehead atoms. The number of hydrogen-bond donors (Lipinski definition) is 1. The van der Waals surface area contributed by atoms with E-state index in [0.717, 1.165) is 24.7 Å². The molecule has 2 nitrogen and oxygen atoms in total. The van der Waals surface area contributed by atoms with Gasteiger partial charge in [-0.3, -0.25) is 4.79 Å². The van der Waals surface area contributed by atoms with Crippen LogP contribution in [0.5, 0.6) is 0 Å². The smallest absolute Gasteiger partial charge is 0.146 e. The molecule has 0 heterocycles. The van der Waals surface area contributed by atoms with Crippen LogP contribution in [0, 0.1) is 11.8 Å². The zero-order valence-electron chi connectivity index (χ0n) is 11.6. The molecule has 0 radical (unpaired) electrons. The molecule has 1 aliphatic rings. The third-order valence-corrected chi connectivity index (χ3v) is 4.29. The van der Waals surface area contributed by atoms with E-state index >= 15 is 0 Å². The van der Waals surface area contributed by atoms with Gasteiger partial charge < -0.3 is 5.73 Å². The van der Waals surface area contributed by atoms with Crippen LogP contribution in [0.2, 0.25) is 0 Å². The molecule has 2 atom stereocenters. The van der Waals surface area contributed by atoms with E-state index in [4.69, 9.17) is 5.73 Å². The third-order valence-electron chi connectivity index (χ3n) is 4.29. The monoisotopic (exact) mass is 239 g/mol. The first-order valence-corrected chi connectivity index (χ1v) is 7.35. The fraction of sp³-hybridized carbons (Fsp3) is 0.933. The molecule has 0 spiro atoms. The van der Waals surface area contributed by atoms with E-state index in [0.29, 0.717) is 0 Å². The van der Waals surface area contributed by atoms with Gasteiger partial charge in [0.1, 0.15) is 5.78 Å². The standard InChI is InChI=1S/C15H29NO/c1-12(9-11-15(16)13(2)17)8-10-14-6-4-3-5-7-14/h12,14-15H,3-11,16H2,1-2H3/t12-,15-/m0/s1. The van der Waals surface area contributed by atoms with Crippen molar-refractivity contribution in [1.29, 1.82) is 0 Å². The first kappa shape index (κ1) is 14.7. The van der Waals surface area contributed by atoms with Crippen LogP contribution in [0.1, 0.15) is 71.6 Å². The van der Waals surface area contributed by atoms with E-state index in [1.807, 2.05) is 0 Å². The lowest BCUT2D eigenvalue weighted by atomic mass is 9.83. The Kier molecular flexibility index (Phi) is 6.79. The number of rotatable bonds is 7. The number of carbonyl (C=O) groups is 1. The second-order valence-corrected chi connectivity index (χ2v) is 5.98. The molecule has 0 aromatic carbocycles. The number of carbonyl (C=O) groups excluding carboxylic acids is 1. The van der Waals surface area contributed by atoms with Gasteiger partial charge in [0.2, 0.25) is 0 Å². The molecule has 1 fully saturated rings. The maximum atomic E-state index is 11.0. The molecule has 0 aliphatic heterocycles. The summed E-state index contributed by atoms with van der Waals surface area (Å²) in [4.78, 5) is 11.0. The molecule has 0 aromatic rings. The SMILES string of the molecule is CC(=O)[C@@H](N)CC[C@@H](C)CCC1CCCCC1. The van der Waals surface area contributed by atoms with Crippen LogP contribution < -0.4 is 5.73 Å². The van der Waals surface area contributed by atoms with Crippen molar-refractivity contribution in [3.8, 4) is 0 Å². The summed E-state index contributed by atoms with van der Waals surface area (Å²) in [7, 11) is 0. The quantitative estimate of drug-likeness (QED) is 0.736. The van der Waals surface area contributed by atoms with E-state index in [-0.39, 0.29) is 11.8 Å². The number of hydrogen-bond acceptors (Lipinski definition) is 2. The van der Waals surface area contributed by atoms with Crippen molar-refractivity contribution in [3.05, 3.63) is 0 Å². The molecule has 0 amide bonds. The fourth-order valence-electron chi connectivity index (χ4n) is 2.81. The zero-order valence-corrected chi connectivity index (χ0v) is 11.6. The molecule has 2 heteroatoms. The molecule has 0 saturated heterocycles. The first-order chi connectivity index (χ1) is 8.09. The Labute approximate surface area is 106 Å². The minimum Gasteiger partial charge on any atom is -0.322 e. The Morgan fingerprint density at radius 1 is 1.18 bits per heavy atom. The van der Waals surface area contributed by atoms with E-state index in [9.17, 15) is 4.79 Å². The van der Waals surface area contributed by atoms with Gasteiger partial charge in [0.15, 0.2) is 0 Å². The second-order valence-electron chi connectivity index (χ2n) is 5.98. The average molecular weight is 239 g/mol. The molecule has 0 unspecified atom stereocenters. The van der Waals surface area contributed by atoms with Crippen LogP contribution in [0.3, 0.4) is 0 Å². The van der Waals surface area contributed by atoms with Gasteiger partial charge in [0, 0.05) is 0 Å². The van der Waals surface area contributed by atoms with Crippen molar-refractivity contribution in [3.63, 3.8) is 0 Å². The summed E-state index contributed by atoms with van der Waals surface area (Å²) in [5.41, 5.74) is 5.75. The molecule has 1 aliphatic carbocycles. The summed E-state index contributed by atoms with van der Waals surface area (Å²) >= 11 is 0. The Balaban J connectivity index is 2.07.